The van der Waals surface area contributed by atoms with Crippen LogP contribution in [0.3, 0.4) is 0 Å². The quantitative estimate of drug-likeness (QED) is 0.614. The van der Waals surface area contributed by atoms with Gasteiger partial charge in [-0.1, -0.05) is 0 Å². The van der Waals surface area contributed by atoms with Crippen LogP contribution >= 0.6 is 11.3 Å². The largest absolute Gasteiger partial charge is 0.394 e. The van der Waals surface area contributed by atoms with E-state index in [1.807, 2.05) is 0 Å². The fraction of sp³-hybridized carbons (Fsp3) is 0.571. The average Bonchev–Trinajstić information content (AvgIpc) is 2.52. The molecule has 68 valence electrons. The summed E-state index contributed by atoms with van der Waals surface area (Å²) in [5.41, 5.74) is 5.00. The Bertz CT molecular complexity index is 260. The van der Waals surface area contributed by atoms with E-state index in [1.54, 1.807) is 13.1 Å². The molecular formula is C7H12N2O2S. The summed E-state index contributed by atoms with van der Waals surface area (Å²) >= 11 is 1.32. The molecule has 0 aliphatic heterocycles. The number of rotatable bonds is 3. The van der Waals surface area contributed by atoms with E-state index in [2.05, 4.69) is 4.98 Å². The number of nitrogens with two attached hydrogens (primary N) is 1. The molecule has 1 aromatic rings. The first-order chi connectivity index (χ1) is 5.60. The molecule has 5 heteroatoms. The first-order valence-corrected chi connectivity index (χ1v) is 4.37. The van der Waals surface area contributed by atoms with Gasteiger partial charge in [0, 0.05) is 11.1 Å². The molecule has 12 heavy (non-hydrogen) atoms. The molecule has 0 radical (unpaired) electrons. The van der Waals surface area contributed by atoms with Gasteiger partial charge in [-0.15, -0.1) is 11.3 Å². The Labute approximate surface area is 74.7 Å². The molecule has 0 aromatic carbocycles. The van der Waals surface area contributed by atoms with E-state index in [1.165, 1.54) is 11.3 Å². The maximum absolute atomic E-state index is 8.92. The first kappa shape index (κ1) is 9.60. The standard InChI is InChI=1S/C7H12N2O2S/c1-7(8,4-11)5-2-9-6(3-10)12-5/h2,10-11H,3-4,8H2,1H3/t7-/m0/s1. The van der Waals surface area contributed by atoms with Crippen molar-refractivity contribution in [1.29, 1.82) is 0 Å². The van der Waals surface area contributed by atoms with Crippen molar-refractivity contribution < 1.29 is 10.2 Å². The lowest BCUT2D eigenvalue weighted by atomic mass is 10.1. The van der Waals surface area contributed by atoms with E-state index in [-0.39, 0.29) is 13.2 Å². The minimum Gasteiger partial charge on any atom is -0.394 e. The number of nitrogens with zero attached hydrogens (tertiary/aromatic N) is 1. The third kappa shape index (κ3) is 1.81. The second-order valence-electron chi connectivity index (χ2n) is 2.85. The van der Waals surface area contributed by atoms with Crippen LogP contribution < -0.4 is 5.73 Å². The summed E-state index contributed by atoms with van der Waals surface area (Å²) in [7, 11) is 0. The lowest BCUT2D eigenvalue weighted by molar-refractivity contribution is 0.212. The highest BCUT2D eigenvalue weighted by molar-refractivity contribution is 7.11. The van der Waals surface area contributed by atoms with Crippen molar-refractivity contribution >= 4 is 11.3 Å². The zero-order chi connectivity index (χ0) is 9.19. The minimum atomic E-state index is -0.745. The molecular weight excluding hydrogens is 176 g/mol. The fourth-order valence-corrected chi connectivity index (χ4v) is 1.55. The highest BCUT2D eigenvalue weighted by atomic mass is 32.1. The van der Waals surface area contributed by atoms with Crippen LogP contribution in [0.2, 0.25) is 0 Å². The molecule has 0 aliphatic carbocycles. The third-order valence-corrected chi connectivity index (χ3v) is 2.84. The summed E-state index contributed by atoms with van der Waals surface area (Å²) < 4.78 is 0. The Kier molecular flexibility index (Phi) is 2.79. The van der Waals surface area contributed by atoms with E-state index >= 15 is 0 Å². The van der Waals surface area contributed by atoms with E-state index in [4.69, 9.17) is 15.9 Å². The van der Waals surface area contributed by atoms with Gasteiger partial charge in [0.15, 0.2) is 0 Å². The van der Waals surface area contributed by atoms with Gasteiger partial charge in [0.05, 0.1) is 18.8 Å². The summed E-state index contributed by atoms with van der Waals surface area (Å²) in [5.74, 6) is 0. The topological polar surface area (TPSA) is 79.4 Å². The number of aliphatic hydroxyl groups excluding tert-OH is 2. The van der Waals surface area contributed by atoms with Gasteiger partial charge >= 0.3 is 0 Å². The monoisotopic (exact) mass is 188 g/mol. The van der Waals surface area contributed by atoms with Gasteiger partial charge in [-0.25, -0.2) is 4.98 Å². The molecule has 0 amide bonds. The Morgan fingerprint density at radius 1 is 1.67 bits per heavy atom. The van der Waals surface area contributed by atoms with E-state index in [0.29, 0.717) is 5.01 Å². The maximum Gasteiger partial charge on any atom is 0.118 e. The predicted molar refractivity (Wildman–Crippen MR) is 46.7 cm³/mol. The van der Waals surface area contributed by atoms with Gasteiger partial charge < -0.3 is 15.9 Å². The normalized spacial score (nSPS) is 16.0. The van der Waals surface area contributed by atoms with Gasteiger partial charge in [-0.2, -0.15) is 0 Å². The molecule has 0 aliphatic rings. The van der Waals surface area contributed by atoms with Crippen molar-refractivity contribution in [2.75, 3.05) is 6.61 Å². The van der Waals surface area contributed by atoms with Crippen molar-refractivity contribution in [3.63, 3.8) is 0 Å². The third-order valence-electron chi connectivity index (χ3n) is 1.58. The molecule has 0 saturated heterocycles. The molecule has 0 spiro atoms. The summed E-state index contributed by atoms with van der Waals surface area (Å²) in [6.45, 7) is 1.52. The lowest BCUT2D eigenvalue weighted by Gasteiger charge is -2.18. The zero-order valence-electron chi connectivity index (χ0n) is 6.82. The summed E-state index contributed by atoms with van der Waals surface area (Å²) in [4.78, 5) is 4.71. The van der Waals surface area contributed by atoms with Crippen LogP contribution in [0, 0.1) is 0 Å². The second kappa shape index (κ2) is 3.49. The van der Waals surface area contributed by atoms with Crippen LogP contribution in [0.1, 0.15) is 16.8 Å². The maximum atomic E-state index is 8.92. The molecule has 0 bridgehead atoms. The molecule has 1 rings (SSSR count). The molecule has 1 heterocycles. The van der Waals surface area contributed by atoms with Crippen molar-refractivity contribution in [1.82, 2.24) is 4.98 Å². The van der Waals surface area contributed by atoms with E-state index in [0.717, 1.165) is 4.88 Å². The van der Waals surface area contributed by atoms with Gasteiger partial charge in [0.2, 0.25) is 0 Å². The first-order valence-electron chi connectivity index (χ1n) is 3.56. The summed E-state index contributed by atoms with van der Waals surface area (Å²) in [6.07, 6.45) is 1.59. The smallest absolute Gasteiger partial charge is 0.118 e. The van der Waals surface area contributed by atoms with Gasteiger partial charge in [0.1, 0.15) is 5.01 Å². The highest BCUT2D eigenvalue weighted by Gasteiger charge is 2.22. The van der Waals surface area contributed by atoms with Crippen LogP contribution in [0.4, 0.5) is 0 Å². The Balaban J connectivity index is 2.88. The lowest BCUT2D eigenvalue weighted by Crippen LogP contribution is -2.35. The van der Waals surface area contributed by atoms with Crippen LogP contribution in [0.15, 0.2) is 6.20 Å². The minimum absolute atomic E-state index is 0.0772. The number of hydrogen-bond acceptors (Lipinski definition) is 5. The second-order valence-corrected chi connectivity index (χ2v) is 3.97. The number of hydrogen-bond donors (Lipinski definition) is 3. The molecule has 0 saturated carbocycles. The van der Waals surface area contributed by atoms with Gasteiger partial charge in [-0.3, -0.25) is 0 Å². The van der Waals surface area contributed by atoms with E-state index in [9.17, 15) is 0 Å². The number of aliphatic hydroxyl groups is 2. The molecule has 0 unspecified atom stereocenters. The molecule has 4 N–H and O–H groups in total. The highest BCUT2D eigenvalue weighted by Crippen LogP contribution is 2.23. The summed E-state index contributed by atoms with van der Waals surface area (Å²) in [6, 6.07) is 0. The molecule has 0 fully saturated rings. The van der Waals surface area contributed by atoms with Crippen molar-refractivity contribution in [2.45, 2.75) is 19.1 Å². The summed E-state index contributed by atoms with van der Waals surface area (Å²) in [5, 5.41) is 18.3. The van der Waals surface area contributed by atoms with E-state index < -0.39 is 5.54 Å². The van der Waals surface area contributed by atoms with Crippen LogP contribution in [0.5, 0.6) is 0 Å². The number of thiazole rings is 1. The van der Waals surface area contributed by atoms with Gasteiger partial charge in [0.25, 0.3) is 0 Å². The molecule has 4 nitrogen and oxygen atoms in total. The SMILES string of the molecule is C[C@](N)(CO)c1cnc(CO)s1. The van der Waals surface area contributed by atoms with Crippen molar-refractivity contribution in [3.05, 3.63) is 16.1 Å². The van der Waals surface area contributed by atoms with Crippen LogP contribution in [-0.4, -0.2) is 21.8 Å². The number of aromatic nitrogens is 1. The Hall–Kier alpha value is -0.490. The Morgan fingerprint density at radius 3 is 2.75 bits per heavy atom. The Morgan fingerprint density at radius 2 is 2.33 bits per heavy atom. The predicted octanol–water partition coefficient (Wildman–Crippen LogP) is -0.198. The zero-order valence-corrected chi connectivity index (χ0v) is 7.64. The van der Waals surface area contributed by atoms with Crippen molar-refractivity contribution in [2.24, 2.45) is 5.73 Å². The van der Waals surface area contributed by atoms with Crippen LogP contribution in [-0.2, 0) is 12.1 Å². The van der Waals surface area contributed by atoms with Crippen molar-refractivity contribution in [3.8, 4) is 0 Å². The average molecular weight is 188 g/mol. The molecule has 1 atom stereocenters. The molecule has 1 aromatic heterocycles. The fourth-order valence-electron chi connectivity index (χ4n) is 0.725. The van der Waals surface area contributed by atoms with Gasteiger partial charge in [-0.05, 0) is 6.92 Å². The van der Waals surface area contributed by atoms with Crippen LogP contribution in [0.25, 0.3) is 0 Å².